The van der Waals surface area contributed by atoms with E-state index in [1.807, 2.05) is 0 Å². The number of ether oxygens (including phenoxy) is 2. The van der Waals surface area contributed by atoms with Gasteiger partial charge in [0, 0.05) is 23.8 Å². The zero-order valence-corrected chi connectivity index (χ0v) is 16.4. The fraction of sp³-hybridized carbons (Fsp3) is 0.286. The van der Waals surface area contributed by atoms with E-state index >= 15 is 0 Å². The fourth-order valence-electron chi connectivity index (χ4n) is 3.43. The third-order valence-corrected chi connectivity index (χ3v) is 5.12. The summed E-state index contributed by atoms with van der Waals surface area (Å²) in [6.07, 6.45) is -7.79. The summed E-state index contributed by atoms with van der Waals surface area (Å²) in [6.45, 7) is -0.663. The van der Waals surface area contributed by atoms with Crippen molar-refractivity contribution in [2.24, 2.45) is 0 Å². The van der Waals surface area contributed by atoms with Gasteiger partial charge in [-0.3, -0.25) is 4.79 Å². The zero-order chi connectivity index (χ0) is 23.0. The predicted molar refractivity (Wildman–Crippen MR) is 107 cm³/mol. The Morgan fingerprint density at radius 2 is 1.69 bits per heavy atom. The molecule has 6 N–H and O–H groups in total. The molecule has 2 aromatic carbocycles. The van der Waals surface area contributed by atoms with E-state index in [9.17, 15) is 30.3 Å². The Balaban J connectivity index is 1.77. The highest BCUT2D eigenvalue weighted by Gasteiger charge is 2.45. The SMILES string of the molecule is O=c1cc(-c2ccc(O)cc2)oc2cc(OO)cc(O[C@H]3O[C@H](CO)[C@@H](O)[C@H](O)[C@H]3O)c12. The molecule has 1 saturated heterocycles. The van der Waals surface area contributed by atoms with Gasteiger partial charge in [-0.25, -0.2) is 5.26 Å². The van der Waals surface area contributed by atoms with Crippen LogP contribution in [-0.4, -0.2) is 68.1 Å². The first kappa shape index (κ1) is 22.0. The third kappa shape index (κ3) is 4.00. The second-order valence-corrected chi connectivity index (χ2v) is 7.22. The molecule has 1 aromatic heterocycles. The van der Waals surface area contributed by atoms with Gasteiger partial charge >= 0.3 is 0 Å². The molecule has 2 heterocycles. The minimum atomic E-state index is -1.72. The van der Waals surface area contributed by atoms with Gasteiger partial charge in [0.1, 0.15) is 52.6 Å². The number of aromatic hydroxyl groups is 1. The molecule has 1 fully saturated rings. The first-order valence-corrected chi connectivity index (χ1v) is 9.52. The molecule has 0 bridgehead atoms. The van der Waals surface area contributed by atoms with Gasteiger partial charge in [0.05, 0.1) is 6.61 Å². The van der Waals surface area contributed by atoms with Crippen LogP contribution < -0.4 is 15.1 Å². The molecule has 11 nitrogen and oxygen atoms in total. The van der Waals surface area contributed by atoms with Crippen LogP contribution >= 0.6 is 0 Å². The van der Waals surface area contributed by atoms with E-state index in [1.165, 1.54) is 36.4 Å². The monoisotopic (exact) mass is 448 g/mol. The van der Waals surface area contributed by atoms with Crippen LogP contribution in [-0.2, 0) is 4.74 Å². The normalized spacial score (nSPS) is 25.6. The van der Waals surface area contributed by atoms with E-state index < -0.39 is 42.7 Å². The summed E-state index contributed by atoms with van der Waals surface area (Å²) < 4.78 is 16.6. The van der Waals surface area contributed by atoms with Gasteiger partial charge in [-0.2, -0.15) is 0 Å². The maximum Gasteiger partial charge on any atom is 0.229 e. The number of hydrogen-bond acceptors (Lipinski definition) is 11. The first-order chi connectivity index (χ1) is 15.3. The minimum absolute atomic E-state index is 0.0306. The topological polar surface area (TPSA) is 179 Å². The van der Waals surface area contributed by atoms with Gasteiger partial charge in [0.15, 0.2) is 11.2 Å². The van der Waals surface area contributed by atoms with Crippen molar-refractivity contribution in [3.05, 3.63) is 52.7 Å². The van der Waals surface area contributed by atoms with E-state index in [1.54, 1.807) is 0 Å². The predicted octanol–water partition coefficient (Wildman–Crippen LogP) is 0.196. The van der Waals surface area contributed by atoms with Crippen molar-refractivity contribution < 1.29 is 49.6 Å². The van der Waals surface area contributed by atoms with Crippen LogP contribution in [0.3, 0.4) is 0 Å². The molecule has 4 rings (SSSR count). The third-order valence-electron chi connectivity index (χ3n) is 5.12. The van der Waals surface area contributed by atoms with E-state index in [2.05, 4.69) is 4.89 Å². The summed E-state index contributed by atoms with van der Waals surface area (Å²) in [5, 5.41) is 57.9. The smallest absolute Gasteiger partial charge is 0.229 e. The standard InChI is InChI=1S/C21H20O11/c22-8-16-18(25)19(26)20(27)21(31-16)30-15-6-11(32-28)5-14-17(15)12(24)7-13(29-14)9-1-3-10(23)4-2-9/h1-7,16,18-23,25-28H,8H2/t16-,18-,19+,20-,21+/m1/s1. The average Bonchev–Trinajstić information content (AvgIpc) is 2.79. The van der Waals surface area contributed by atoms with Crippen LogP contribution in [0.15, 0.2) is 51.7 Å². The molecule has 170 valence electrons. The molecule has 3 aromatic rings. The van der Waals surface area contributed by atoms with Crippen LogP contribution in [0.25, 0.3) is 22.3 Å². The van der Waals surface area contributed by atoms with Gasteiger partial charge in [-0.15, -0.1) is 0 Å². The number of aliphatic hydroxyl groups excluding tert-OH is 4. The number of aliphatic hydroxyl groups is 4. The fourth-order valence-corrected chi connectivity index (χ4v) is 3.43. The molecule has 0 aliphatic carbocycles. The Bertz CT molecular complexity index is 1150. The van der Waals surface area contributed by atoms with Gasteiger partial charge < -0.3 is 44.3 Å². The summed E-state index contributed by atoms with van der Waals surface area (Å²) in [5.41, 5.74) is -0.0846. The molecule has 11 heteroatoms. The number of phenols is 1. The highest BCUT2D eigenvalue weighted by molar-refractivity contribution is 5.86. The molecule has 1 aliphatic heterocycles. The van der Waals surface area contributed by atoms with Crippen molar-refractivity contribution in [3.8, 4) is 28.6 Å². The minimum Gasteiger partial charge on any atom is -0.508 e. The van der Waals surface area contributed by atoms with Crippen molar-refractivity contribution in [2.45, 2.75) is 30.7 Å². The molecule has 0 unspecified atom stereocenters. The average molecular weight is 448 g/mol. The summed E-state index contributed by atoms with van der Waals surface area (Å²) in [5.74, 6) is -0.176. The maximum absolute atomic E-state index is 12.9. The van der Waals surface area contributed by atoms with Crippen LogP contribution in [0.2, 0.25) is 0 Å². The lowest BCUT2D eigenvalue weighted by Crippen LogP contribution is -2.60. The number of benzene rings is 2. The summed E-state index contributed by atoms with van der Waals surface area (Å²) in [6, 6.07) is 9.48. The van der Waals surface area contributed by atoms with Gasteiger partial charge in [0.2, 0.25) is 6.29 Å². The molecule has 32 heavy (non-hydrogen) atoms. The van der Waals surface area contributed by atoms with Crippen molar-refractivity contribution in [3.63, 3.8) is 0 Å². The van der Waals surface area contributed by atoms with Crippen LogP contribution in [0, 0.1) is 0 Å². The van der Waals surface area contributed by atoms with E-state index in [0.29, 0.717) is 5.56 Å². The number of fused-ring (bicyclic) bond motifs is 1. The summed E-state index contributed by atoms with van der Waals surface area (Å²) >= 11 is 0. The largest absolute Gasteiger partial charge is 0.508 e. The van der Waals surface area contributed by atoms with E-state index in [4.69, 9.17) is 19.1 Å². The summed E-state index contributed by atoms with van der Waals surface area (Å²) in [4.78, 5) is 17.1. The second kappa shape index (κ2) is 8.74. The molecule has 0 amide bonds. The van der Waals surface area contributed by atoms with Crippen LogP contribution in [0.5, 0.6) is 17.2 Å². The van der Waals surface area contributed by atoms with Gasteiger partial charge in [0.25, 0.3) is 0 Å². The Morgan fingerprint density at radius 1 is 0.969 bits per heavy atom. The Morgan fingerprint density at radius 3 is 2.34 bits per heavy atom. The Labute approximate surface area is 179 Å². The van der Waals surface area contributed by atoms with Crippen LogP contribution in [0.4, 0.5) is 0 Å². The lowest BCUT2D eigenvalue weighted by molar-refractivity contribution is -0.277. The molecule has 1 aliphatic rings. The second-order valence-electron chi connectivity index (χ2n) is 7.22. The van der Waals surface area contributed by atoms with E-state index in [-0.39, 0.29) is 34.0 Å². The quantitative estimate of drug-likeness (QED) is 0.232. The van der Waals surface area contributed by atoms with Crippen molar-refractivity contribution in [2.75, 3.05) is 6.61 Å². The number of phenolic OH excluding ortho intramolecular Hbond substituents is 1. The van der Waals surface area contributed by atoms with Gasteiger partial charge in [-0.05, 0) is 24.3 Å². The van der Waals surface area contributed by atoms with Crippen molar-refractivity contribution >= 4 is 11.0 Å². The molecule has 0 radical (unpaired) electrons. The maximum atomic E-state index is 12.9. The molecular formula is C21H20O11. The Hall–Kier alpha value is -3.19. The summed E-state index contributed by atoms with van der Waals surface area (Å²) in [7, 11) is 0. The lowest BCUT2D eigenvalue weighted by Gasteiger charge is -2.39. The van der Waals surface area contributed by atoms with Gasteiger partial charge in [-0.1, -0.05) is 0 Å². The van der Waals surface area contributed by atoms with Crippen LogP contribution in [0.1, 0.15) is 0 Å². The molecule has 0 spiro atoms. The highest BCUT2D eigenvalue weighted by atomic mass is 17.1. The number of rotatable bonds is 5. The lowest BCUT2D eigenvalue weighted by atomic mass is 9.99. The van der Waals surface area contributed by atoms with E-state index in [0.717, 1.165) is 6.07 Å². The molecular weight excluding hydrogens is 428 g/mol. The highest BCUT2D eigenvalue weighted by Crippen LogP contribution is 2.34. The van der Waals surface area contributed by atoms with Crippen molar-refractivity contribution in [1.29, 1.82) is 0 Å². The Kier molecular flexibility index (Phi) is 6.02. The zero-order valence-electron chi connectivity index (χ0n) is 16.4. The molecule has 0 saturated carbocycles. The first-order valence-electron chi connectivity index (χ1n) is 9.52. The van der Waals surface area contributed by atoms with Crippen molar-refractivity contribution in [1.82, 2.24) is 0 Å². The number of hydrogen-bond donors (Lipinski definition) is 6. The molecule has 5 atom stereocenters.